The van der Waals surface area contributed by atoms with E-state index in [-0.39, 0.29) is 17.9 Å². The van der Waals surface area contributed by atoms with Crippen LogP contribution in [-0.4, -0.2) is 34.6 Å². The molecule has 2 atom stereocenters. The molecule has 0 radical (unpaired) electrons. The Morgan fingerprint density at radius 3 is 2.42 bits per heavy atom. The number of hydrogen-bond donors (Lipinski definition) is 1. The molecular weight excluding hydrogens is 451 g/mol. The highest BCUT2D eigenvalue weighted by molar-refractivity contribution is 7.99. The Hall–Kier alpha value is -1.69. The van der Waals surface area contributed by atoms with Crippen LogP contribution in [0.25, 0.3) is 0 Å². The number of amides is 2. The standard InChI is InChI=1S/C24H30Cl2N2O2S/c1-4-17(2)27-24(30)18(3)28(16-19-7-5-8-21(26)15-19)23(29)9-6-14-31-22-12-10-20(25)11-13-22/h5,7-8,10-13,15,17-18H,4,6,9,14,16H2,1-3H3,(H,27,30)/t17-,18+/m0/s1. The first-order valence-electron chi connectivity index (χ1n) is 10.5. The summed E-state index contributed by atoms with van der Waals surface area (Å²) >= 11 is 13.7. The quantitative estimate of drug-likeness (QED) is 0.307. The van der Waals surface area contributed by atoms with Crippen LogP contribution in [0.4, 0.5) is 0 Å². The molecule has 31 heavy (non-hydrogen) atoms. The van der Waals surface area contributed by atoms with Crippen LogP contribution in [0.5, 0.6) is 0 Å². The van der Waals surface area contributed by atoms with Gasteiger partial charge in [-0.05, 0) is 74.4 Å². The molecule has 0 spiro atoms. The molecule has 0 unspecified atom stereocenters. The van der Waals surface area contributed by atoms with Crippen molar-refractivity contribution in [2.75, 3.05) is 5.75 Å². The number of benzene rings is 2. The van der Waals surface area contributed by atoms with Crippen molar-refractivity contribution < 1.29 is 9.59 Å². The third-order valence-corrected chi connectivity index (χ3v) is 6.61. The van der Waals surface area contributed by atoms with Crippen LogP contribution in [-0.2, 0) is 16.1 Å². The van der Waals surface area contributed by atoms with E-state index in [0.29, 0.717) is 23.0 Å². The highest BCUT2D eigenvalue weighted by atomic mass is 35.5. The second-order valence-corrected chi connectivity index (χ2v) is 9.59. The van der Waals surface area contributed by atoms with Crippen molar-refractivity contribution in [1.82, 2.24) is 10.2 Å². The first kappa shape index (κ1) is 25.6. The molecule has 2 amide bonds. The fourth-order valence-corrected chi connectivity index (χ4v) is 4.16. The number of nitrogens with one attached hydrogen (secondary N) is 1. The third-order valence-electron chi connectivity index (χ3n) is 5.03. The molecule has 7 heteroatoms. The van der Waals surface area contributed by atoms with Crippen LogP contribution in [0.15, 0.2) is 53.4 Å². The van der Waals surface area contributed by atoms with Gasteiger partial charge in [0.25, 0.3) is 0 Å². The second-order valence-electron chi connectivity index (χ2n) is 7.55. The maximum Gasteiger partial charge on any atom is 0.242 e. The Labute approximate surface area is 199 Å². The van der Waals surface area contributed by atoms with Gasteiger partial charge in [-0.15, -0.1) is 11.8 Å². The molecule has 0 fully saturated rings. The fourth-order valence-electron chi connectivity index (χ4n) is 2.97. The van der Waals surface area contributed by atoms with E-state index in [2.05, 4.69) is 5.32 Å². The molecule has 2 rings (SSSR count). The lowest BCUT2D eigenvalue weighted by atomic mass is 10.1. The number of rotatable bonds is 11. The van der Waals surface area contributed by atoms with Crippen molar-refractivity contribution in [3.05, 3.63) is 64.1 Å². The van der Waals surface area contributed by atoms with Crippen molar-refractivity contribution >= 4 is 46.8 Å². The highest BCUT2D eigenvalue weighted by Gasteiger charge is 2.26. The average Bonchev–Trinajstić information content (AvgIpc) is 2.75. The summed E-state index contributed by atoms with van der Waals surface area (Å²) in [7, 11) is 0. The van der Waals surface area contributed by atoms with Crippen LogP contribution in [0.3, 0.4) is 0 Å². The zero-order valence-electron chi connectivity index (χ0n) is 18.2. The fraction of sp³-hybridized carbons (Fsp3) is 0.417. The first-order valence-corrected chi connectivity index (χ1v) is 12.3. The van der Waals surface area contributed by atoms with Gasteiger partial charge in [-0.3, -0.25) is 9.59 Å². The van der Waals surface area contributed by atoms with Crippen LogP contribution < -0.4 is 5.32 Å². The molecule has 0 aromatic heterocycles. The molecule has 0 aliphatic carbocycles. The smallest absolute Gasteiger partial charge is 0.242 e. The molecule has 2 aromatic rings. The Morgan fingerprint density at radius 2 is 1.77 bits per heavy atom. The molecule has 1 N–H and O–H groups in total. The molecular formula is C24H30Cl2N2O2S. The molecule has 0 heterocycles. The lowest BCUT2D eigenvalue weighted by Crippen LogP contribution is -2.49. The van der Waals surface area contributed by atoms with Gasteiger partial charge in [0.05, 0.1) is 0 Å². The summed E-state index contributed by atoms with van der Waals surface area (Å²) in [6.45, 7) is 6.10. The van der Waals surface area contributed by atoms with E-state index in [9.17, 15) is 9.59 Å². The largest absolute Gasteiger partial charge is 0.352 e. The summed E-state index contributed by atoms with van der Waals surface area (Å²) in [5.74, 6) is 0.634. The first-order chi connectivity index (χ1) is 14.8. The number of carbonyl (C=O) groups excluding carboxylic acids is 2. The van der Waals surface area contributed by atoms with E-state index in [0.717, 1.165) is 29.1 Å². The topological polar surface area (TPSA) is 49.4 Å². The number of halogens is 2. The monoisotopic (exact) mass is 480 g/mol. The van der Waals surface area contributed by atoms with Gasteiger partial charge in [-0.2, -0.15) is 0 Å². The van der Waals surface area contributed by atoms with Crippen LogP contribution in [0.2, 0.25) is 10.0 Å². The Bertz CT molecular complexity index is 861. The summed E-state index contributed by atoms with van der Waals surface area (Å²) in [6.07, 6.45) is 1.93. The second kappa shape index (κ2) is 13.0. The van der Waals surface area contributed by atoms with Gasteiger partial charge >= 0.3 is 0 Å². The maximum absolute atomic E-state index is 13.1. The molecule has 168 valence electrons. The molecule has 0 saturated carbocycles. The zero-order valence-corrected chi connectivity index (χ0v) is 20.6. The highest BCUT2D eigenvalue weighted by Crippen LogP contribution is 2.22. The van der Waals surface area contributed by atoms with E-state index >= 15 is 0 Å². The summed E-state index contributed by atoms with van der Waals surface area (Å²) in [4.78, 5) is 28.6. The van der Waals surface area contributed by atoms with E-state index < -0.39 is 6.04 Å². The lowest BCUT2D eigenvalue weighted by Gasteiger charge is -2.30. The van der Waals surface area contributed by atoms with E-state index in [1.54, 1.807) is 29.7 Å². The van der Waals surface area contributed by atoms with Gasteiger partial charge in [0.2, 0.25) is 11.8 Å². The summed E-state index contributed by atoms with van der Waals surface area (Å²) < 4.78 is 0. The van der Waals surface area contributed by atoms with E-state index in [1.807, 2.05) is 56.3 Å². The maximum atomic E-state index is 13.1. The number of carbonyl (C=O) groups is 2. The molecule has 0 bridgehead atoms. The summed E-state index contributed by atoms with van der Waals surface area (Å²) in [6, 6.07) is 14.6. The van der Waals surface area contributed by atoms with Crippen molar-refractivity contribution in [2.24, 2.45) is 0 Å². The minimum Gasteiger partial charge on any atom is -0.352 e. The van der Waals surface area contributed by atoms with Crippen molar-refractivity contribution in [3.63, 3.8) is 0 Å². The van der Waals surface area contributed by atoms with Crippen LogP contribution in [0, 0.1) is 0 Å². The Morgan fingerprint density at radius 1 is 1.06 bits per heavy atom. The summed E-state index contributed by atoms with van der Waals surface area (Å²) in [5, 5.41) is 4.30. The predicted molar refractivity (Wildman–Crippen MR) is 131 cm³/mol. The van der Waals surface area contributed by atoms with Crippen molar-refractivity contribution in [3.8, 4) is 0 Å². The minimum atomic E-state index is -0.565. The average molecular weight is 481 g/mol. The third kappa shape index (κ3) is 8.76. The van der Waals surface area contributed by atoms with Gasteiger partial charge in [-0.1, -0.05) is 42.3 Å². The molecule has 0 aliphatic rings. The summed E-state index contributed by atoms with van der Waals surface area (Å²) in [5.41, 5.74) is 0.902. The van der Waals surface area contributed by atoms with Gasteiger partial charge < -0.3 is 10.2 Å². The number of hydrogen-bond acceptors (Lipinski definition) is 3. The van der Waals surface area contributed by atoms with Gasteiger partial charge in [-0.25, -0.2) is 0 Å². The predicted octanol–water partition coefficient (Wildman–Crippen LogP) is 6.20. The van der Waals surface area contributed by atoms with Crippen molar-refractivity contribution in [2.45, 2.75) is 63.6 Å². The molecule has 0 aliphatic heterocycles. The van der Waals surface area contributed by atoms with Gasteiger partial charge in [0.15, 0.2) is 0 Å². The molecule has 2 aromatic carbocycles. The van der Waals surface area contributed by atoms with Gasteiger partial charge in [0, 0.05) is 33.9 Å². The minimum absolute atomic E-state index is 0.0384. The number of nitrogens with zero attached hydrogens (tertiary/aromatic N) is 1. The Balaban J connectivity index is 2.00. The van der Waals surface area contributed by atoms with E-state index in [4.69, 9.17) is 23.2 Å². The lowest BCUT2D eigenvalue weighted by molar-refractivity contribution is -0.140. The normalized spacial score (nSPS) is 12.8. The SMILES string of the molecule is CC[C@H](C)NC(=O)[C@@H](C)N(Cc1cccc(Cl)c1)C(=O)CCCSc1ccc(Cl)cc1. The van der Waals surface area contributed by atoms with Crippen molar-refractivity contribution in [1.29, 1.82) is 0 Å². The van der Waals surface area contributed by atoms with E-state index in [1.165, 1.54) is 0 Å². The number of thioether (sulfide) groups is 1. The Kier molecular flexibility index (Phi) is 10.7. The molecule has 4 nitrogen and oxygen atoms in total. The van der Waals surface area contributed by atoms with Crippen LogP contribution >= 0.6 is 35.0 Å². The van der Waals surface area contributed by atoms with Gasteiger partial charge in [0.1, 0.15) is 6.04 Å². The zero-order chi connectivity index (χ0) is 22.8. The molecule has 0 saturated heterocycles. The van der Waals surface area contributed by atoms with Crippen LogP contribution in [0.1, 0.15) is 45.6 Å².